The molecule has 2 aromatic carbocycles. The van der Waals surface area contributed by atoms with Crippen molar-refractivity contribution in [2.24, 2.45) is 0 Å². The first kappa shape index (κ1) is 15.7. The van der Waals surface area contributed by atoms with Gasteiger partial charge in [-0.15, -0.1) is 11.8 Å². The van der Waals surface area contributed by atoms with Crippen LogP contribution in [0.15, 0.2) is 48.5 Å². The first-order chi connectivity index (χ1) is 10.3. The smallest absolute Gasteiger partial charge is 0.126 e. The number of rotatable bonds is 7. The third kappa shape index (κ3) is 4.66. The van der Waals surface area contributed by atoms with Gasteiger partial charge in [-0.1, -0.05) is 42.5 Å². The lowest BCUT2D eigenvalue weighted by molar-refractivity contribution is 0.322. The predicted molar refractivity (Wildman–Crippen MR) is 88.4 cm³/mol. The average Bonchev–Trinajstić information content (AvgIpc) is 2.56. The van der Waals surface area contributed by atoms with Crippen LogP contribution in [0.25, 0.3) is 6.08 Å². The van der Waals surface area contributed by atoms with E-state index in [0.717, 1.165) is 11.3 Å². The standard InChI is InChI=1S/C18H18O2S/c1-20-17-10-6-5-7-15(17)11-12-18(21-14-13-19)16-8-3-2-4-9-16/h2-4,7-12,18-19H,13-14H2,1H3/b12-11+. The van der Waals surface area contributed by atoms with Crippen molar-refractivity contribution in [2.45, 2.75) is 5.25 Å². The van der Waals surface area contributed by atoms with Gasteiger partial charge in [0.25, 0.3) is 0 Å². The van der Waals surface area contributed by atoms with Gasteiger partial charge in [0.2, 0.25) is 0 Å². The number of thioether (sulfide) groups is 1. The van der Waals surface area contributed by atoms with Gasteiger partial charge in [-0.25, -0.2) is 0 Å². The zero-order valence-corrected chi connectivity index (χ0v) is 12.8. The Bertz CT molecular complexity index is 566. The van der Waals surface area contributed by atoms with E-state index < -0.39 is 0 Å². The van der Waals surface area contributed by atoms with E-state index in [9.17, 15) is 0 Å². The van der Waals surface area contributed by atoms with E-state index in [-0.39, 0.29) is 11.9 Å². The fourth-order valence-electron chi connectivity index (χ4n) is 1.96. The second kappa shape index (κ2) is 8.55. The molecule has 0 amide bonds. The van der Waals surface area contributed by atoms with E-state index in [1.54, 1.807) is 24.9 Å². The molecule has 2 aromatic rings. The molecule has 0 saturated carbocycles. The number of hydrogen-bond donors (Lipinski definition) is 1. The highest BCUT2D eigenvalue weighted by Gasteiger charge is 2.08. The first-order valence-corrected chi connectivity index (χ1v) is 7.81. The van der Waals surface area contributed by atoms with Crippen LogP contribution in [0.4, 0.5) is 0 Å². The minimum Gasteiger partial charge on any atom is -0.496 e. The normalized spacial score (nSPS) is 12.5. The summed E-state index contributed by atoms with van der Waals surface area (Å²) in [4.78, 5) is 0. The van der Waals surface area contributed by atoms with Gasteiger partial charge in [0.15, 0.2) is 0 Å². The molecule has 1 unspecified atom stereocenters. The number of aliphatic hydroxyl groups excluding tert-OH is 1. The molecule has 1 atom stereocenters. The van der Waals surface area contributed by atoms with E-state index in [1.165, 1.54) is 5.56 Å². The molecule has 0 bridgehead atoms. The van der Waals surface area contributed by atoms with Crippen molar-refractivity contribution < 1.29 is 9.84 Å². The number of aliphatic hydroxyl groups is 1. The summed E-state index contributed by atoms with van der Waals surface area (Å²) in [6, 6.07) is 19.7. The fourth-order valence-corrected chi connectivity index (χ4v) is 2.86. The Morgan fingerprint density at radius 1 is 1.24 bits per heavy atom. The quantitative estimate of drug-likeness (QED) is 0.843. The molecule has 0 aliphatic carbocycles. The molecular weight excluding hydrogens is 280 g/mol. The highest BCUT2D eigenvalue weighted by Crippen LogP contribution is 2.31. The third-order valence-electron chi connectivity index (χ3n) is 2.99. The van der Waals surface area contributed by atoms with E-state index >= 15 is 0 Å². The maximum Gasteiger partial charge on any atom is 0.126 e. The molecule has 2 nitrogen and oxygen atoms in total. The van der Waals surface area contributed by atoms with Crippen LogP contribution in [0.2, 0.25) is 0 Å². The molecule has 21 heavy (non-hydrogen) atoms. The molecule has 0 heterocycles. The predicted octanol–water partition coefficient (Wildman–Crippen LogP) is 3.78. The van der Waals surface area contributed by atoms with Crippen LogP contribution in [0, 0.1) is 12.1 Å². The van der Waals surface area contributed by atoms with Crippen LogP contribution in [-0.2, 0) is 0 Å². The molecule has 2 radical (unpaired) electrons. The van der Waals surface area contributed by atoms with Crippen molar-refractivity contribution in [2.75, 3.05) is 19.5 Å². The van der Waals surface area contributed by atoms with Gasteiger partial charge in [-0.3, -0.25) is 0 Å². The molecule has 0 aliphatic heterocycles. The van der Waals surface area contributed by atoms with E-state index in [2.05, 4.69) is 30.3 Å². The third-order valence-corrected chi connectivity index (χ3v) is 4.19. The molecule has 108 valence electrons. The van der Waals surface area contributed by atoms with Gasteiger partial charge in [0.05, 0.1) is 13.7 Å². The van der Waals surface area contributed by atoms with Crippen molar-refractivity contribution in [1.29, 1.82) is 0 Å². The Labute approximate surface area is 130 Å². The number of hydrogen-bond acceptors (Lipinski definition) is 3. The second-order valence-corrected chi connectivity index (χ2v) is 5.64. The summed E-state index contributed by atoms with van der Waals surface area (Å²) >= 11 is 1.71. The Morgan fingerprint density at radius 2 is 2.00 bits per heavy atom. The van der Waals surface area contributed by atoms with E-state index in [0.29, 0.717) is 5.75 Å². The summed E-state index contributed by atoms with van der Waals surface area (Å²) < 4.78 is 5.32. The zero-order valence-electron chi connectivity index (χ0n) is 12.0. The summed E-state index contributed by atoms with van der Waals surface area (Å²) in [6.07, 6.45) is 4.16. The summed E-state index contributed by atoms with van der Waals surface area (Å²) in [5.41, 5.74) is 2.19. The van der Waals surface area contributed by atoms with Gasteiger partial charge in [0, 0.05) is 16.6 Å². The van der Waals surface area contributed by atoms with Gasteiger partial charge in [0.1, 0.15) is 5.75 Å². The number of methoxy groups -OCH3 is 1. The molecule has 0 fully saturated rings. The molecule has 0 aliphatic rings. The molecule has 1 N–H and O–H groups in total. The molecule has 3 heteroatoms. The summed E-state index contributed by atoms with van der Waals surface area (Å²) in [7, 11) is 1.65. The van der Waals surface area contributed by atoms with Crippen LogP contribution in [0.3, 0.4) is 0 Å². The number of ether oxygens (including phenoxy) is 1. The molecule has 2 rings (SSSR count). The molecular formula is C18H18O2S. The van der Waals surface area contributed by atoms with Crippen molar-refractivity contribution in [3.63, 3.8) is 0 Å². The molecule has 0 spiro atoms. The Hall–Kier alpha value is -1.71. The minimum atomic E-state index is 0.180. The Morgan fingerprint density at radius 3 is 2.71 bits per heavy atom. The van der Waals surface area contributed by atoms with Crippen molar-refractivity contribution in [3.05, 3.63) is 71.8 Å². The van der Waals surface area contributed by atoms with Gasteiger partial charge >= 0.3 is 0 Å². The number of benzene rings is 2. The van der Waals surface area contributed by atoms with E-state index in [1.807, 2.05) is 30.3 Å². The topological polar surface area (TPSA) is 29.5 Å². The highest BCUT2D eigenvalue weighted by molar-refractivity contribution is 7.99. The second-order valence-electron chi connectivity index (χ2n) is 4.39. The summed E-state index contributed by atoms with van der Waals surface area (Å²) in [6.45, 7) is 0.180. The maximum absolute atomic E-state index is 9.06. The minimum absolute atomic E-state index is 0.180. The monoisotopic (exact) mass is 298 g/mol. The highest BCUT2D eigenvalue weighted by atomic mass is 32.2. The van der Waals surface area contributed by atoms with Crippen molar-refractivity contribution >= 4 is 17.8 Å². The molecule has 0 saturated heterocycles. The van der Waals surface area contributed by atoms with Gasteiger partial charge < -0.3 is 9.84 Å². The van der Waals surface area contributed by atoms with Crippen LogP contribution in [0.1, 0.15) is 16.4 Å². The van der Waals surface area contributed by atoms with E-state index in [4.69, 9.17) is 9.84 Å². The fraction of sp³-hybridized carbons (Fsp3) is 0.222. The van der Waals surface area contributed by atoms with Crippen LogP contribution in [0.5, 0.6) is 5.75 Å². The van der Waals surface area contributed by atoms with Crippen molar-refractivity contribution in [3.8, 4) is 5.75 Å². The van der Waals surface area contributed by atoms with Gasteiger partial charge in [-0.05, 0) is 29.8 Å². The maximum atomic E-state index is 9.06. The molecule has 0 aromatic heterocycles. The average molecular weight is 298 g/mol. The summed E-state index contributed by atoms with van der Waals surface area (Å²) in [5, 5.41) is 9.26. The zero-order chi connectivity index (χ0) is 14.9. The Balaban J connectivity index is 2.20. The largest absolute Gasteiger partial charge is 0.496 e. The lowest BCUT2D eigenvalue weighted by Gasteiger charge is -2.12. The SMILES string of the molecule is COc1c[c][c]cc1/C=C/C(SCCO)c1ccccc1. The van der Waals surface area contributed by atoms with Crippen LogP contribution in [-0.4, -0.2) is 24.6 Å². The van der Waals surface area contributed by atoms with Crippen molar-refractivity contribution in [1.82, 2.24) is 0 Å². The van der Waals surface area contributed by atoms with Crippen LogP contribution >= 0.6 is 11.8 Å². The lowest BCUT2D eigenvalue weighted by atomic mass is 10.1. The van der Waals surface area contributed by atoms with Gasteiger partial charge in [-0.2, -0.15) is 0 Å². The summed E-state index contributed by atoms with van der Waals surface area (Å²) in [5.74, 6) is 1.49. The van der Waals surface area contributed by atoms with Crippen LogP contribution < -0.4 is 4.74 Å². The first-order valence-electron chi connectivity index (χ1n) is 6.76. The lowest BCUT2D eigenvalue weighted by Crippen LogP contribution is -1.95. The Kier molecular flexibility index (Phi) is 6.38.